The number of fused-ring (bicyclic) bond motifs is 1. The van der Waals surface area contributed by atoms with Gasteiger partial charge in [-0.25, -0.2) is 4.98 Å². The van der Waals surface area contributed by atoms with Gasteiger partial charge in [0, 0.05) is 19.8 Å². The zero-order chi connectivity index (χ0) is 13.1. The predicted octanol–water partition coefficient (Wildman–Crippen LogP) is 1.65. The van der Waals surface area contributed by atoms with Crippen molar-refractivity contribution < 1.29 is 0 Å². The van der Waals surface area contributed by atoms with Gasteiger partial charge >= 0.3 is 0 Å². The minimum Gasteiger partial charge on any atom is -0.330 e. The maximum atomic E-state index is 4.61. The van der Waals surface area contributed by atoms with E-state index in [1.807, 2.05) is 37.4 Å². The lowest BCUT2D eigenvalue weighted by Gasteiger charge is -2.04. The van der Waals surface area contributed by atoms with Crippen molar-refractivity contribution >= 4 is 11.0 Å². The van der Waals surface area contributed by atoms with E-state index in [2.05, 4.69) is 31.1 Å². The first-order chi connectivity index (χ1) is 9.34. The fraction of sp³-hybridized carbons (Fsp3) is 0.214. The molecule has 0 spiro atoms. The Kier molecular flexibility index (Phi) is 3.20. The topological polar surface area (TPSA) is 55.6 Å². The second-order valence-corrected chi connectivity index (χ2v) is 4.39. The lowest BCUT2D eigenvalue weighted by Crippen LogP contribution is -2.16. The highest BCUT2D eigenvalue weighted by Gasteiger charge is 2.06. The molecule has 0 unspecified atom stereocenters. The van der Waals surface area contributed by atoms with E-state index in [9.17, 15) is 0 Å². The Morgan fingerprint density at radius 2 is 2.00 bits per heavy atom. The number of hydrogen-bond acceptors (Lipinski definition) is 4. The molecule has 0 bridgehead atoms. The van der Waals surface area contributed by atoms with Crippen LogP contribution in [0.15, 0.2) is 42.6 Å². The van der Waals surface area contributed by atoms with E-state index in [0.717, 1.165) is 22.6 Å². The quantitative estimate of drug-likeness (QED) is 0.768. The van der Waals surface area contributed by atoms with E-state index < -0.39 is 0 Å². The smallest absolute Gasteiger partial charge is 0.123 e. The van der Waals surface area contributed by atoms with Crippen molar-refractivity contribution in [1.82, 2.24) is 25.1 Å². The SMILES string of the molecule is Cn1c(CNCc2cccnn2)nc2ccccc21. The maximum Gasteiger partial charge on any atom is 0.123 e. The highest BCUT2D eigenvalue weighted by molar-refractivity contribution is 5.75. The van der Waals surface area contributed by atoms with E-state index in [-0.39, 0.29) is 0 Å². The zero-order valence-corrected chi connectivity index (χ0v) is 10.7. The summed E-state index contributed by atoms with van der Waals surface area (Å²) in [6, 6.07) is 12.0. The summed E-state index contributed by atoms with van der Waals surface area (Å²) < 4.78 is 2.11. The normalized spacial score (nSPS) is 11.0. The van der Waals surface area contributed by atoms with Crippen LogP contribution in [0.3, 0.4) is 0 Å². The van der Waals surface area contributed by atoms with Gasteiger partial charge < -0.3 is 9.88 Å². The second-order valence-electron chi connectivity index (χ2n) is 4.39. The van der Waals surface area contributed by atoms with Crippen molar-refractivity contribution in [1.29, 1.82) is 0 Å². The maximum absolute atomic E-state index is 4.61. The van der Waals surface area contributed by atoms with Crippen molar-refractivity contribution in [3.05, 3.63) is 54.1 Å². The molecule has 19 heavy (non-hydrogen) atoms. The van der Waals surface area contributed by atoms with Gasteiger partial charge in [0.1, 0.15) is 5.82 Å². The van der Waals surface area contributed by atoms with Crippen LogP contribution in [0, 0.1) is 0 Å². The Hall–Kier alpha value is -2.27. The Labute approximate surface area is 111 Å². The van der Waals surface area contributed by atoms with Gasteiger partial charge in [-0.15, -0.1) is 0 Å². The fourth-order valence-corrected chi connectivity index (χ4v) is 2.08. The van der Waals surface area contributed by atoms with Gasteiger partial charge in [-0.1, -0.05) is 12.1 Å². The number of aryl methyl sites for hydroxylation is 1. The predicted molar refractivity (Wildman–Crippen MR) is 73.3 cm³/mol. The van der Waals surface area contributed by atoms with Gasteiger partial charge in [-0.3, -0.25) is 0 Å². The number of aromatic nitrogens is 4. The molecule has 3 aromatic rings. The van der Waals surface area contributed by atoms with Crippen molar-refractivity contribution in [3.63, 3.8) is 0 Å². The molecule has 96 valence electrons. The van der Waals surface area contributed by atoms with Crippen molar-refractivity contribution in [3.8, 4) is 0 Å². The number of para-hydroxylation sites is 2. The first kappa shape index (κ1) is 11.8. The summed E-state index contributed by atoms with van der Waals surface area (Å²) in [5, 5.41) is 11.2. The minimum absolute atomic E-state index is 0.692. The molecule has 3 rings (SSSR count). The molecular formula is C14H15N5. The minimum atomic E-state index is 0.692. The lowest BCUT2D eigenvalue weighted by atomic mass is 10.3. The van der Waals surface area contributed by atoms with Crippen LogP contribution in [0.5, 0.6) is 0 Å². The number of imidazole rings is 1. The average Bonchev–Trinajstić information content (AvgIpc) is 2.78. The van der Waals surface area contributed by atoms with E-state index in [4.69, 9.17) is 0 Å². The third-order valence-electron chi connectivity index (χ3n) is 3.10. The number of nitrogens with one attached hydrogen (secondary N) is 1. The summed E-state index contributed by atoms with van der Waals surface area (Å²) >= 11 is 0. The first-order valence-electron chi connectivity index (χ1n) is 6.22. The van der Waals surface area contributed by atoms with E-state index in [1.54, 1.807) is 6.20 Å². The molecular weight excluding hydrogens is 238 g/mol. The van der Waals surface area contributed by atoms with E-state index in [0.29, 0.717) is 13.1 Å². The molecule has 0 radical (unpaired) electrons. The van der Waals surface area contributed by atoms with E-state index >= 15 is 0 Å². The average molecular weight is 253 g/mol. The van der Waals surface area contributed by atoms with Crippen LogP contribution in [0.25, 0.3) is 11.0 Å². The summed E-state index contributed by atoms with van der Waals surface area (Å²) in [5.41, 5.74) is 3.11. The van der Waals surface area contributed by atoms with Gasteiger partial charge in [-0.05, 0) is 24.3 Å². The van der Waals surface area contributed by atoms with Crippen LogP contribution in [0.2, 0.25) is 0 Å². The van der Waals surface area contributed by atoms with Crippen molar-refractivity contribution in [2.75, 3.05) is 0 Å². The number of benzene rings is 1. The molecule has 0 saturated carbocycles. The lowest BCUT2D eigenvalue weighted by molar-refractivity contribution is 0.629. The third-order valence-corrected chi connectivity index (χ3v) is 3.10. The van der Waals surface area contributed by atoms with Gasteiger partial charge in [0.15, 0.2) is 0 Å². The number of rotatable bonds is 4. The molecule has 2 aromatic heterocycles. The number of nitrogens with zero attached hydrogens (tertiary/aromatic N) is 4. The van der Waals surface area contributed by atoms with Crippen LogP contribution in [-0.2, 0) is 20.1 Å². The molecule has 0 fully saturated rings. The Morgan fingerprint density at radius 1 is 1.11 bits per heavy atom. The van der Waals surface area contributed by atoms with Crippen molar-refractivity contribution in [2.45, 2.75) is 13.1 Å². The molecule has 0 saturated heterocycles. The second kappa shape index (κ2) is 5.16. The molecule has 0 amide bonds. The molecule has 5 nitrogen and oxygen atoms in total. The summed E-state index contributed by atoms with van der Waals surface area (Å²) in [4.78, 5) is 4.61. The Bertz CT molecular complexity index is 675. The van der Waals surface area contributed by atoms with Crippen LogP contribution in [0.1, 0.15) is 11.5 Å². The summed E-state index contributed by atoms with van der Waals surface area (Å²) in [6.07, 6.45) is 1.68. The summed E-state index contributed by atoms with van der Waals surface area (Å²) in [5.74, 6) is 1.02. The summed E-state index contributed by atoms with van der Waals surface area (Å²) in [6.45, 7) is 1.40. The molecule has 0 atom stereocenters. The first-order valence-corrected chi connectivity index (χ1v) is 6.22. The Balaban J connectivity index is 1.70. The van der Waals surface area contributed by atoms with Gasteiger partial charge in [0.25, 0.3) is 0 Å². The molecule has 1 N–H and O–H groups in total. The molecule has 0 aliphatic heterocycles. The standard InChI is InChI=1S/C14H15N5/c1-19-13-7-3-2-6-12(13)17-14(19)10-15-9-11-5-4-8-16-18-11/h2-8,15H,9-10H2,1H3. The molecule has 0 aliphatic carbocycles. The fourth-order valence-electron chi connectivity index (χ4n) is 2.08. The van der Waals surface area contributed by atoms with Crippen molar-refractivity contribution in [2.24, 2.45) is 7.05 Å². The van der Waals surface area contributed by atoms with Gasteiger partial charge in [0.05, 0.1) is 23.3 Å². The highest BCUT2D eigenvalue weighted by atomic mass is 15.1. The van der Waals surface area contributed by atoms with Crippen LogP contribution < -0.4 is 5.32 Å². The zero-order valence-electron chi connectivity index (χ0n) is 10.7. The largest absolute Gasteiger partial charge is 0.330 e. The monoisotopic (exact) mass is 253 g/mol. The molecule has 1 aromatic carbocycles. The summed E-state index contributed by atoms with van der Waals surface area (Å²) in [7, 11) is 2.04. The Morgan fingerprint density at radius 3 is 2.79 bits per heavy atom. The van der Waals surface area contributed by atoms with Gasteiger partial charge in [-0.2, -0.15) is 10.2 Å². The van der Waals surface area contributed by atoms with Crippen LogP contribution in [-0.4, -0.2) is 19.7 Å². The molecule has 2 heterocycles. The molecule has 0 aliphatic rings. The van der Waals surface area contributed by atoms with E-state index in [1.165, 1.54) is 0 Å². The van der Waals surface area contributed by atoms with Crippen LogP contribution >= 0.6 is 0 Å². The van der Waals surface area contributed by atoms with Gasteiger partial charge in [0.2, 0.25) is 0 Å². The highest BCUT2D eigenvalue weighted by Crippen LogP contribution is 2.13. The third kappa shape index (κ3) is 2.46. The molecule has 5 heteroatoms. The number of hydrogen-bond donors (Lipinski definition) is 1. The van der Waals surface area contributed by atoms with Crippen LogP contribution in [0.4, 0.5) is 0 Å².